The Balaban J connectivity index is 2.72. The first kappa shape index (κ1) is 13.2. The number of likely N-dealkylation sites (N-methyl/N-ethyl adjacent to an activating group) is 1. The lowest BCUT2D eigenvalue weighted by molar-refractivity contribution is 0.171. The fourth-order valence-electron chi connectivity index (χ4n) is 1.38. The minimum Gasteiger partial charge on any atom is -0.392 e. The highest BCUT2D eigenvalue weighted by molar-refractivity contribution is 7.88. The molecule has 4 nitrogen and oxygen atoms in total. The standard InChI is InChI=1S/C11H17NO3S/c1-10(13)8-12(2)16(14,15)9-11-6-4-3-5-7-11/h3-7,10,13H,8-9H2,1-2H3/t10-/m1/s1. The molecule has 0 bridgehead atoms. The second-order valence-corrected chi connectivity index (χ2v) is 5.95. The van der Waals surface area contributed by atoms with E-state index in [1.165, 1.54) is 11.4 Å². The third kappa shape index (κ3) is 3.92. The molecule has 0 radical (unpaired) electrons. The van der Waals surface area contributed by atoms with Crippen molar-refractivity contribution in [2.45, 2.75) is 18.8 Å². The largest absolute Gasteiger partial charge is 0.392 e. The normalized spacial score (nSPS) is 14.0. The van der Waals surface area contributed by atoms with Crippen LogP contribution < -0.4 is 0 Å². The van der Waals surface area contributed by atoms with E-state index in [4.69, 9.17) is 5.11 Å². The van der Waals surface area contributed by atoms with E-state index >= 15 is 0 Å². The number of aliphatic hydroxyl groups excluding tert-OH is 1. The quantitative estimate of drug-likeness (QED) is 0.833. The zero-order chi connectivity index (χ0) is 12.2. The summed E-state index contributed by atoms with van der Waals surface area (Å²) in [6, 6.07) is 9.00. The zero-order valence-corrected chi connectivity index (χ0v) is 10.3. The zero-order valence-electron chi connectivity index (χ0n) is 9.50. The first-order valence-corrected chi connectivity index (χ1v) is 6.69. The van der Waals surface area contributed by atoms with Crippen LogP contribution in [-0.2, 0) is 15.8 Å². The molecule has 0 unspecified atom stereocenters. The van der Waals surface area contributed by atoms with Gasteiger partial charge in [-0.25, -0.2) is 12.7 Å². The van der Waals surface area contributed by atoms with Crippen LogP contribution >= 0.6 is 0 Å². The molecule has 0 amide bonds. The SMILES string of the molecule is C[C@@H](O)CN(C)S(=O)(=O)Cc1ccccc1. The molecule has 1 N–H and O–H groups in total. The molecule has 1 rings (SSSR count). The van der Waals surface area contributed by atoms with Crippen LogP contribution in [-0.4, -0.2) is 37.5 Å². The molecule has 0 saturated carbocycles. The number of rotatable bonds is 5. The molecule has 90 valence electrons. The summed E-state index contributed by atoms with van der Waals surface area (Å²) in [6.07, 6.45) is -0.657. The average Bonchev–Trinajstić information content (AvgIpc) is 2.17. The van der Waals surface area contributed by atoms with E-state index in [1.54, 1.807) is 31.2 Å². The highest BCUT2D eigenvalue weighted by Gasteiger charge is 2.19. The molecule has 5 heteroatoms. The number of nitrogens with zero attached hydrogens (tertiary/aromatic N) is 1. The van der Waals surface area contributed by atoms with E-state index in [9.17, 15) is 8.42 Å². The van der Waals surface area contributed by atoms with Gasteiger partial charge in [-0.3, -0.25) is 0 Å². The summed E-state index contributed by atoms with van der Waals surface area (Å²) in [6.45, 7) is 1.68. The van der Waals surface area contributed by atoms with Gasteiger partial charge in [-0.2, -0.15) is 0 Å². The molecule has 0 aromatic heterocycles. The van der Waals surface area contributed by atoms with Crippen LogP contribution in [0.15, 0.2) is 30.3 Å². The number of aliphatic hydroxyl groups is 1. The molecule has 0 aliphatic carbocycles. The average molecular weight is 243 g/mol. The van der Waals surface area contributed by atoms with E-state index in [0.717, 1.165) is 5.56 Å². The van der Waals surface area contributed by atoms with Gasteiger partial charge >= 0.3 is 0 Å². The van der Waals surface area contributed by atoms with Crippen molar-refractivity contribution in [2.75, 3.05) is 13.6 Å². The van der Waals surface area contributed by atoms with Gasteiger partial charge in [-0.15, -0.1) is 0 Å². The van der Waals surface area contributed by atoms with Crippen molar-refractivity contribution in [3.63, 3.8) is 0 Å². The Kier molecular flexibility index (Phi) is 4.46. The van der Waals surface area contributed by atoms with Crippen molar-refractivity contribution >= 4 is 10.0 Å². The van der Waals surface area contributed by atoms with Crippen molar-refractivity contribution in [2.24, 2.45) is 0 Å². The van der Waals surface area contributed by atoms with Crippen molar-refractivity contribution in [1.82, 2.24) is 4.31 Å². The van der Waals surface area contributed by atoms with Crippen molar-refractivity contribution < 1.29 is 13.5 Å². The van der Waals surface area contributed by atoms with Crippen molar-refractivity contribution in [3.8, 4) is 0 Å². The maximum atomic E-state index is 11.9. The van der Waals surface area contributed by atoms with Crippen LogP contribution in [0.25, 0.3) is 0 Å². The lowest BCUT2D eigenvalue weighted by Gasteiger charge is -2.18. The van der Waals surface area contributed by atoms with E-state index < -0.39 is 16.1 Å². The van der Waals surface area contributed by atoms with Crippen LogP contribution in [0.1, 0.15) is 12.5 Å². The first-order valence-electron chi connectivity index (χ1n) is 5.08. The molecule has 0 aliphatic rings. The maximum Gasteiger partial charge on any atom is 0.218 e. The Bertz CT molecular complexity index is 414. The highest BCUT2D eigenvalue weighted by atomic mass is 32.2. The maximum absolute atomic E-state index is 11.9. The third-order valence-corrected chi connectivity index (χ3v) is 3.99. The minimum atomic E-state index is -3.34. The fraction of sp³-hybridized carbons (Fsp3) is 0.455. The molecule has 1 aromatic rings. The molecular weight excluding hydrogens is 226 g/mol. The molecular formula is C11H17NO3S. The Hall–Kier alpha value is -0.910. The van der Waals surface area contributed by atoms with Crippen LogP contribution in [0.5, 0.6) is 0 Å². The number of hydrogen-bond donors (Lipinski definition) is 1. The van der Waals surface area contributed by atoms with E-state index in [-0.39, 0.29) is 12.3 Å². The summed E-state index contributed by atoms with van der Waals surface area (Å²) in [7, 11) is -1.86. The summed E-state index contributed by atoms with van der Waals surface area (Å²) < 4.78 is 24.9. The Morgan fingerprint density at radius 2 is 1.88 bits per heavy atom. The van der Waals surface area contributed by atoms with E-state index in [1.807, 2.05) is 6.07 Å². The predicted octanol–water partition coefficient (Wildman–Crippen LogP) is 0.829. The van der Waals surface area contributed by atoms with Gasteiger partial charge in [0.05, 0.1) is 11.9 Å². The van der Waals surface area contributed by atoms with Gasteiger partial charge in [0, 0.05) is 13.6 Å². The molecule has 1 atom stereocenters. The second kappa shape index (κ2) is 5.43. The van der Waals surface area contributed by atoms with Gasteiger partial charge in [-0.1, -0.05) is 30.3 Å². The second-order valence-electron chi connectivity index (χ2n) is 3.87. The summed E-state index contributed by atoms with van der Waals surface area (Å²) in [5.74, 6) is -0.0307. The molecule has 1 aromatic carbocycles. The Labute approximate surface area is 96.6 Å². The first-order chi connectivity index (χ1) is 7.42. The minimum absolute atomic E-state index is 0.0307. The van der Waals surface area contributed by atoms with Gasteiger partial charge < -0.3 is 5.11 Å². The predicted molar refractivity (Wildman–Crippen MR) is 63.4 cm³/mol. The summed E-state index contributed by atoms with van der Waals surface area (Å²) >= 11 is 0. The molecule has 0 fully saturated rings. The molecule has 0 aliphatic heterocycles. The molecule has 0 spiro atoms. The van der Waals surface area contributed by atoms with Gasteiger partial charge in [-0.05, 0) is 12.5 Å². The lowest BCUT2D eigenvalue weighted by atomic mass is 10.2. The summed E-state index contributed by atoms with van der Waals surface area (Å²) in [5.41, 5.74) is 0.750. The van der Waals surface area contributed by atoms with E-state index in [2.05, 4.69) is 0 Å². The van der Waals surface area contributed by atoms with Crippen molar-refractivity contribution in [1.29, 1.82) is 0 Å². The lowest BCUT2D eigenvalue weighted by Crippen LogP contribution is -2.33. The van der Waals surface area contributed by atoms with Crippen LogP contribution in [0.4, 0.5) is 0 Å². The summed E-state index contributed by atoms with van der Waals surface area (Å²) in [5, 5.41) is 9.15. The topological polar surface area (TPSA) is 57.6 Å². The van der Waals surface area contributed by atoms with Gasteiger partial charge in [0.25, 0.3) is 0 Å². The van der Waals surface area contributed by atoms with Crippen LogP contribution in [0.2, 0.25) is 0 Å². The van der Waals surface area contributed by atoms with Crippen molar-refractivity contribution in [3.05, 3.63) is 35.9 Å². The van der Waals surface area contributed by atoms with Gasteiger partial charge in [0.2, 0.25) is 10.0 Å². The van der Waals surface area contributed by atoms with Crippen LogP contribution in [0, 0.1) is 0 Å². The Morgan fingerprint density at radius 3 is 2.38 bits per heavy atom. The number of hydrogen-bond acceptors (Lipinski definition) is 3. The van der Waals surface area contributed by atoms with Gasteiger partial charge in [0.1, 0.15) is 0 Å². The highest BCUT2D eigenvalue weighted by Crippen LogP contribution is 2.09. The van der Waals surface area contributed by atoms with Gasteiger partial charge in [0.15, 0.2) is 0 Å². The van der Waals surface area contributed by atoms with E-state index in [0.29, 0.717) is 0 Å². The summed E-state index contributed by atoms with van der Waals surface area (Å²) in [4.78, 5) is 0. The molecule has 0 heterocycles. The van der Waals surface area contributed by atoms with Crippen LogP contribution in [0.3, 0.4) is 0 Å². The smallest absolute Gasteiger partial charge is 0.218 e. The third-order valence-electron chi connectivity index (χ3n) is 2.19. The molecule has 16 heavy (non-hydrogen) atoms. The fourth-order valence-corrected chi connectivity index (χ4v) is 2.66. The monoisotopic (exact) mass is 243 g/mol. The number of sulfonamides is 1. The number of benzene rings is 1. The Morgan fingerprint density at radius 1 is 1.31 bits per heavy atom. The molecule has 0 saturated heterocycles.